The van der Waals surface area contributed by atoms with E-state index in [1.165, 1.54) is 0 Å². The lowest BCUT2D eigenvalue weighted by Crippen LogP contribution is -2.48. The maximum absolute atomic E-state index is 11.0. The number of piperazine rings is 1. The van der Waals surface area contributed by atoms with Crippen molar-refractivity contribution in [3.05, 3.63) is 0 Å². The minimum atomic E-state index is -0.714. The SMILES string of the molecule is CCC(C(=O)O)N(C)CCN1CCN(C)CC1. The van der Waals surface area contributed by atoms with Gasteiger partial charge in [0.15, 0.2) is 0 Å². The van der Waals surface area contributed by atoms with E-state index >= 15 is 0 Å². The Morgan fingerprint density at radius 2 is 1.94 bits per heavy atom. The third kappa shape index (κ3) is 4.61. The highest BCUT2D eigenvalue weighted by Crippen LogP contribution is 2.04. The molecule has 1 atom stereocenters. The highest BCUT2D eigenvalue weighted by atomic mass is 16.4. The number of carboxylic acids is 1. The third-order valence-electron chi connectivity index (χ3n) is 3.57. The van der Waals surface area contributed by atoms with E-state index in [0.717, 1.165) is 39.3 Å². The topological polar surface area (TPSA) is 47.0 Å². The number of likely N-dealkylation sites (N-methyl/N-ethyl adjacent to an activating group) is 2. The smallest absolute Gasteiger partial charge is 0.320 e. The maximum atomic E-state index is 11.0. The fourth-order valence-corrected chi connectivity index (χ4v) is 2.20. The van der Waals surface area contributed by atoms with Gasteiger partial charge in [-0.15, -0.1) is 0 Å². The molecule has 0 saturated carbocycles. The van der Waals surface area contributed by atoms with Crippen molar-refractivity contribution in [3.63, 3.8) is 0 Å². The molecule has 0 spiro atoms. The minimum absolute atomic E-state index is 0.345. The molecule has 0 bridgehead atoms. The lowest BCUT2D eigenvalue weighted by atomic mass is 10.2. The maximum Gasteiger partial charge on any atom is 0.320 e. The van der Waals surface area contributed by atoms with E-state index < -0.39 is 5.97 Å². The summed E-state index contributed by atoms with van der Waals surface area (Å²) in [5, 5.41) is 9.05. The standard InChI is InChI=1S/C12H25N3O2/c1-4-11(12(16)17)14(3)7-10-15-8-5-13(2)6-9-15/h11H,4-10H2,1-3H3,(H,16,17). The number of nitrogens with zero attached hydrogens (tertiary/aromatic N) is 3. The average Bonchev–Trinajstić information content (AvgIpc) is 2.28. The molecule has 5 heteroatoms. The number of carboxylic acid groups (broad SMARTS) is 1. The predicted octanol–water partition coefficient (Wildman–Crippen LogP) is 0.0288. The van der Waals surface area contributed by atoms with Gasteiger partial charge in [0.2, 0.25) is 0 Å². The summed E-state index contributed by atoms with van der Waals surface area (Å²) in [5.74, 6) is -0.714. The van der Waals surface area contributed by atoms with E-state index in [4.69, 9.17) is 5.11 Å². The van der Waals surface area contributed by atoms with Crippen molar-refractivity contribution in [1.29, 1.82) is 0 Å². The van der Waals surface area contributed by atoms with Crippen molar-refractivity contribution in [2.45, 2.75) is 19.4 Å². The average molecular weight is 243 g/mol. The number of aliphatic carboxylic acids is 1. The van der Waals surface area contributed by atoms with Crippen LogP contribution in [0.2, 0.25) is 0 Å². The zero-order valence-electron chi connectivity index (χ0n) is 11.2. The molecule has 0 amide bonds. The van der Waals surface area contributed by atoms with Crippen LogP contribution in [0.5, 0.6) is 0 Å². The Morgan fingerprint density at radius 3 is 2.41 bits per heavy atom. The summed E-state index contributed by atoms with van der Waals surface area (Å²) < 4.78 is 0. The Hall–Kier alpha value is -0.650. The van der Waals surface area contributed by atoms with Gasteiger partial charge in [-0.3, -0.25) is 14.6 Å². The first-order valence-corrected chi connectivity index (χ1v) is 6.38. The molecule has 5 nitrogen and oxygen atoms in total. The Morgan fingerprint density at radius 1 is 1.35 bits per heavy atom. The van der Waals surface area contributed by atoms with E-state index in [9.17, 15) is 4.79 Å². The first-order valence-electron chi connectivity index (χ1n) is 6.38. The summed E-state index contributed by atoms with van der Waals surface area (Å²) in [6, 6.07) is -0.345. The molecule has 1 fully saturated rings. The van der Waals surface area contributed by atoms with Crippen molar-refractivity contribution >= 4 is 5.97 Å². The summed E-state index contributed by atoms with van der Waals surface area (Å²) in [4.78, 5) is 17.7. The summed E-state index contributed by atoms with van der Waals surface area (Å²) >= 11 is 0. The van der Waals surface area contributed by atoms with Crippen LogP contribution in [0.4, 0.5) is 0 Å². The van der Waals surface area contributed by atoms with Crippen LogP contribution in [0, 0.1) is 0 Å². The van der Waals surface area contributed by atoms with Gasteiger partial charge in [0, 0.05) is 39.3 Å². The Labute approximate surface area is 104 Å². The number of hydrogen-bond acceptors (Lipinski definition) is 4. The van der Waals surface area contributed by atoms with Crippen LogP contribution < -0.4 is 0 Å². The summed E-state index contributed by atoms with van der Waals surface area (Å²) in [5.41, 5.74) is 0. The van der Waals surface area contributed by atoms with E-state index in [0.29, 0.717) is 6.42 Å². The zero-order chi connectivity index (χ0) is 12.8. The molecule has 1 rings (SSSR count). The minimum Gasteiger partial charge on any atom is -0.480 e. The molecule has 1 saturated heterocycles. The fourth-order valence-electron chi connectivity index (χ4n) is 2.20. The number of hydrogen-bond donors (Lipinski definition) is 1. The first-order chi connectivity index (χ1) is 8.04. The van der Waals surface area contributed by atoms with Gasteiger partial charge in [-0.2, -0.15) is 0 Å². The largest absolute Gasteiger partial charge is 0.480 e. The molecular formula is C12H25N3O2. The van der Waals surface area contributed by atoms with Crippen molar-refractivity contribution in [1.82, 2.24) is 14.7 Å². The van der Waals surface area contributed by atoms with Crippen molar-refractivity contribution in [3.8, 4) is 0 Å². The lowest BCUT2D eigenvalue weighted by Gasteiger charge is -2.34. The molecule has 0 radical (unpaired) electrons. The molecular weight excluding hydrogens is 218 g/mol. The van der Waals surface area contributed by atoms with Crippen LogP contribution in [-0.4, -0.2) is 85.2 Å². The second-order valence-corrected chi connectivity index (χ2v) is 4.89. The van der Waals surface area contributed by atoms with Crippen molar-refractivity contribution in [2.75, 3.05) is 53.4 Å². The predicted molar refractivity (Wildman–Crippen MR) is 68.3 cm³/mol. The first kappa shape index (κ1) is 14.4. The summed E-state index contributed by atoms with van der Waals surface area (Å²) in [7, 11) is 4.04. The van der Waals surface area contributed by atoms with Crippen molar-refractivity contribution < 1.29 is 9.90 Å². The molecule has 17 heavy (non-hydrogen) atoms. The quantitative estimate of drug-likeness (QED) is 0.713. The summed E-state index contributed by atoms with van der Waals surface area (Å²) in [6.45, 7) is 8.12. The van der Waals surface area contributed by atoms with Gasteiger partial charge in [-0.05, 0) is 20.5 Å². The van der Waals surface area contributed by atoms with Crippen LogP contribution in [0.3, 0.4) is 0 Å². The van der Waals surface area contributed by atoms with Gasteiger partial charge < -0.3 is 10.0 Å². The Balaban J connectivity index is 2.27. The van der Waals surface area contributed by atoms with Crippen molar-refractivity contribution in [2.24, 2.45) is 0 Å². The molecule has 0 aromatic heterocycles. The van der Waals surface area contributed by atoms with Crippen LogP contribution in [-0.2, 0) is 4.79 Å². The van der Waals surface area contributed by atoms with Crippen LogP contribution in [0.15, 0.2) is 0 Å². The van der Waals surface area contributed by atoms with Crippen LogP contribution in [0.25, 0.3) is 0 Å². The van der Waals surface area contributed by atoms with Gasteiger partial charge in [-0.25, -0.2) is 0 Å². The Bertz CT molecular complexity index is 240. The van der Waals surface area contributed by atoms with Gasteiger partial charge >= 0.3 is 5.97 Å². The fraction of sp³-hybridized carbons (Fsp3) is 0.917. The lowest BCUT2D eigenvalue weighted by molar-refractivity contribution is -0.142. The van der Waals surface area contributed by atoms with E-state index in [2.05, 4.69) is 16.8 Å². The van der Waals surface area contributed by atoms with Crippen LogP contribution >= 0.6 is 0 Å². The number of carbonyl (C=O) groups is 1. The normalized spacial score (nSPS) is 20.7. The molecule has 0 aromatic rings. The summed E-state index contributed by atoms with van der Waals surface area (Å²) in [6.07, 6.45) is 0.661. The highest BCUT2D eigenvalue weighted by molar-refractivity contribution is 5.73. The second kappa shape index (κ2) is 6.93. The monoisotopic (exact) mass is 243 g/mol. The zero-order valence-corrected chi connectivity index (χ0v) is 11.2. The van der Waals surface area contributed by atoms with Gasteiger partial charge in [0.1, 0.15) is 6.04 Å². The molecule has 1 aliphatic rings. The molecule has 100 valence electrons. The van der Waals surface area contributed by atoms with Crippen LogP contribution in [0.1, 0.15) is 13.3 Å². The van der Waals surface area contributed by atoms with E-state index in [1.54, 1.807) is 0 Å². The highest BCUT2D eigenvalue weighted by Gasteiger charge is 2.21. The van der Waals surface area contributed by atoms with Gasteiger partial charge in [0.25, 0.3) is 0 Å². The van der Waals surface area contributed by atoms with E-state index in [1.807, 2.05) is 18.9 Å². The third-order valence-corrected chi connectivity index (χ3v) is 3.57. The Kier molecular flexibility index (Phi) is 5.88. The molecule has 1 N–H and O–H groups in total. The second-order valence-electron chi connectivity index (χ2n) is 4.89. The molecule has 0 aromatic carbocycles. The molecule has 1 aliphatic heterocycles. The number of rotatable bonds is 6. The van der Waals surface area contributed by atoms with Gasteiger partial charge in [0.05, 0.1) is 0 Å². The molecule has 1 unspecified atom stereocenters. The van der Waals surface area contributed by atoms with Gasteiger partial charge in [-0.1, -0.05) is 6.92 Å². The van der Waals surface area contributed by atoms with E-state index in [-0.39, 0.29) is 6.04 Å². The molecule has 0 aliphatic carbocycles. The molecule has 1 heterocycles.